The number of sulfonamides is 1. The second-order valence-corrected chi connectivity index (χ2v) is 10.1. The molecule has 1 aliphatic rings. The number of carbonyl (C=O) groups is 1. The number of fused-ring (bicyclic) bond motifs is 1. The molecule has 0 unspecified atom stereocenters. The number of hydrogen-bond donors (Lipinski definition) is 2. The number of benzene rings is 2. The lowest BCUT2D eigenvalue weighted by Gasteiger charge is -2.31. The molecule has 1 aromatic heterocycles. The minimum atomic E-state index is -3.56. The van der Waals surface area contributed by atoms with E-state index >= 15 is 0 Å². The van der Waals surface area contributed by atoms with E-state index in [1.54, 1.807) is 24.3 Å². The quantitative estimate of drug-likeness (QED) is 0.570. The maximum Gasteiger partial charge on any atom is 0.267 e. The summed E-state index contributed by atoms with van der Waals surface area (Å²) in [5.74, 6) is 0.429. The van der Waals surface area contributed by atoms with Gasteiger partial charge >= 0.3 is 0 Å². The van der Waals surface area contributed by atoms with Crippen LogP contribution in [0.4, 0.5) is 0 Å². The van der Waals surface area contributed by atoms with E-state index in [9.17, 15) is 13.2 Å². The Morgan fingerprint density at radius 2 is 1.83 bits per heavy atom. The fourth-order valence-corrected chi connectivity index (χ4v) is 5.47. The number of ether oxygens (including phenoxy) is 1. The predicted molar refractivity (Wildman–Crippen MR) is 118 cm³/mol. The van der Waals surface area contributed by atoms with Crippen LogP contribution in [0.15, 0.2) is 57.9 Å². The second kappa shape index (κ2) is 8.41. The molecular weight excluding hydrogens is 470 g/mol. The molecule has 0 bridgehead atoms. The highest BCUT2D eigenvalue weighted by Crippen LogP contribution is 2.24. The van der Waals surface area contributed by atoms with Crippen LogP contribution in [-0.2, 0) is 10.0 Å². The van der Waals surface area contributed by atoms with Crippen molar-refractivity contribution in [2.45, 2.75) is 23.8 Å². The van der Waals surface area contributed by atoms with Crippen molar-refractivity contribution in [2.24, 2.45) is 0 Å². The van der Waals surface area contributed by atoms with E-state index in [0.29, 0.717) is 37.4 Å². The maximum absolute atomic E-state index is 12.9. The summed E-state index contributed by atoms with van der Waals surface area (Å²) in [4.78, 5) is 16.0. The maximum atomic E-state index is 12.9. The average Bonchev–Trinajstić information content (AvgIpc) is 3.17. The summed E-state index contributed by atoms with van der Waals surface area (Å²) in [7, 11) is -2.02. The third kappa shape index (κ3) is 4.23. The highest BCUT2D eigenvalue weighted by atomic mass is 79.9. The van der Waals surface area contributed by atoms with Gasteiger partial charge < -0.3 is 15.0 Å². The van der Waals surface area contributed by atoms with Crippen molar-refractivity contribution in [3.05, 3.63) is 58.7 Å². The molecule has 0 spiro atoms. The Labute approximate surface area is 183 Å². The zero-order valence-electron chi connectivity index (χ0n) is 16.4. The summed E-state index contributed by atoms with van der Waals surface area (Å²) in [5, 5.41) is 3.97. The SMILES string of the molecule is COc1ccc(S(=O)(=O)N2CCC(NC(=O)c3cc4cc(Br)ccc4[nH]3)CC2)cc1. The van der Waals surface area contributed by atoms with Gasteiger partial charge in [-0.2, -0.15) is 4.31 Å². The van der Waals surface area contributed by atoms with E-state index in [0.717, 1.165) is 15.4 Å². The molecule has 1 saturated heterocycles. The molecule has 3 aromatic rings. The first-order valence-corrected chi connectivity index (χ1v) is 11.8. The highest BCUT2D eigenvalue weighted by Gasteiger charge is 2.30. The Morgan fingerprint density at radius 1 is 1.13 bits per heavy atom. The summed E-state index contributed by atoms with van der Waals surface area (Å²) < 4.78 is 33.2. The smallest absolute Gasteiger partial charge is 0.267 e. The number of methoxy groups -OCH3 is 1. The first-order valence-electron chi connectivity index (χ1n) is 9.60. The zero-order valence-corrected chi connectivity index (χ0v) is 18.8. The Hall–Kier alpha value is -2.36. The number of carbonyl (C=O) groups excluding carboxylic acids is 1. The molecule has 7 nitrogen and oxygen atoms in total. The molecule has 9 heteroatoms. The van der Waals surface area contributed by atoms with Gasteiger partial charge in [-0.05, 0) is 61.4 Å². The summed E-state index contributed by atoms with van der Waals surface area (Å²) in [6.45, 7) is 0.720. The molecular formula is C21H22BrN3O4S. The van der Waals surface area contributed by atoms with E-state index in [4.69, 9.17) is 4.74 Å². The molecule has 1 amide bonds. The molecule has 30 heavy (non-hydrogen) atoms. The van der Waals surface area contributed by atoms with E-state index in [2.05, 4.69) is 26.2 Å². The van der Waals surface area contributed by atoms with Crippen LogP contribution in [0, 0.1) is 0 Å². The summed E-state index contributed by atoms with van der Waals surface area (Å²) in [6, 6.07) is 13.9. The molecule has 1 fully saturated rings. The molecule has 0 atom stereocenters. The number of nitrogens with one attached hydrogen (secondary N) is 2. The molecule has 0 aliphatic carbocycles. The number of amides is 1. The number of nitrogens with zero attached hydrogens (tertiary/aromatic N) is 1. The lowest BCUT2D eigenvalue weighted by atomic mass is 10.1. The van der Waals surface area contributed by atoms with Crippen LogP contribution in [0.2, 0.25) is 0 Å². The van der Waals surface area contributed by atoms with Gasteiger partial charge in [0.1, 0.15) is 11.4 Å². The van der Waals surface area contributed by atoms with Gasteiger partial charge in [-0.15, -0.1) is 0 Å². The Kier molecular flexibility index (Phi) is 5.86. The highest BCUT2D eigenvalue weighted by molar-refractivity contribution is 9.10. The molecule has 2 N–H and O–H groups in total. The normalized spacial score (nSPS) is 15.9. The van der Waals surface area contributed by atoms with E-state index < -0.39 is 10.0 Å². The fourth-order valence-electron chi connectivity index (χ4n) is 3.63. The van der Waals surface area contributed by atoms with Crippen LogP contribution in [-0.4, -0.2) is 49.9 Å². The molecule has 0 saturated carbocycles. The summed E-state index contributed by atoms with van der Waals surface area (Å²) in [5.41, 5.74) is 1.39. The van der Waals surface area contributed by atoms with Gasteiger partial charge in [0.05, 0.1) is 12.0 Å². The van der Waals surface area contributed by atoms with Crippen LogP contribution in [0.5, 0.6) is 5.75 Å². The van der Waals surface area contributed by atoms with Crippen molar-refractivity contribution < 1.29 is 17.9 Å². The van der Waals surface area contributed by atoms with Gasteiger partial charge in [0, 0.05) is 34.5 Å². The van der Waals surface area contributed by atoms with Crippen LogP contribution >= 0.6 is 15.9 Å². The van der Waals surface area contributed by atoms with E-state index in [-0.39, 0.29) is 16.8 Å². The molecule has 2 aromatic carbocycles. The van der Waals surface area contributed by atoms with Gasteiger partial charge in [0.2, 0.25) is 10.0 Å². The van der Waals surface area contributed by atoms with Crippen molar-refractivity contribution in [3.63, 3.8) is 0 Å². The van der Waals surface area contributed by atoms with Crippen LogP contribution < -0.4 is 10.1 Å². The largest absolute Gasteiger partial charge is 0.497 e. The molecule has 2 heterocycles. The molecule has 0 radical (unpaired) electrons. The van der Waals surface area contributed by atoms with Crippen molar-refractivity contribution in [3.8, 4) is 5.75 Å². The number of halogens is 1. The van der Waals surface area contributed by atoms with E-state index in [1.165, 1.54) is 11.4 Å². The van der Waals surface area contributed by atoms with Gasteiger partial charge in [-0.3, -0.25) is 4.79 Å². The van der Waals surface area contributed by atoms with Gasteiger partial charge in [-0.25, -0.2) is 8.42 Å². The first kappa shape index (κ1) is 20.9. The van der Waals surface area contributed by atoms with Gasteiger partial charge in [0.25, 0.3) is 5.91 Å². The fraction of sp³-hybridized carbons (Fsp3) is 0.286. The molecule has 158 valence electrons. The van der Waals surface area contributed by atoms with Crippen LogP contribution in [0.25, 0.3) is 10.9 Å². The van der Waals surface area contributed by atoms with Crippen LogP contribution in [0.3, 0.4) is 0 Å². The number of rotatable bonds is 5. The zero-order chi connectivity index (χ0) is 21.3. The number of hydrogen-bond acceptors (Lipinski definition) is 4. The van der Waals surface area contributed by atoms with Gasteiger partial charge in [0.15, 0.2) is 0 Å². The number of piperidine rings is 1. The Bertz CT molecular complexity index is 1170. The number of H-pyrrole nitrogens is 1. The standard InChI is InChI=1S/C21H22BrN3O4S/c1-29-17-3-5-18(6-4-17)30(27,28)25-10-8-16(9-11-25)23-21(26)20-13-14-12-15(22)2-7-19(14)24-20/h2-7,12-13,16,24H,8-11H2,1H3,(H,23,26). The third-order valence-corrected chi connectivity index (χ3v) is 7.72. The van der Waals surface area contributed by atoms with Crippen molar-refractivity contribution >= 4 is 42.8 Å². The topological polar surface area (TPSA) is 91.5 Å². The van der Waals surface area contributed by atoms with Crippen molar-refractivity contribution in [1.29, 1.82) is 0 Å². The van der Waals surface area contributed by atoms with E-state index in [1.807, 2.05) is 24.3 Å². The molecule has 4 rings (SSSR count). The van der Waals surface area contributed by atoms with Crippen molar-refractivity contribution in [2.75, 3.05) is 20.2 Å². The average molecular weight is 492 g/mol. The van der Waals surface area contributed by atoms with Crippen molar-refractivity contribution in [1.82, 2.24) is 14.6 Å². The van der Waals surface area contributed by atoms with Crippen LogP contribution in [0.1, 0.15) is 23.3 Å². The second-order valence-electron chi connectivity index (χ2n) is 7.24. The minimum Gasteiger partial charge on any atom is -0.497 e. The summed E-state index contributed by atoms with van der Waals surface area (Å²) in [6.07, 6.45) is 1.12. The number of aromatic nitrogens is 1. The lowest BCUT2D eigenvalue weighted by molar-refractivity contribution is 0.0919. The Balaban J connectivity index is 1.38. The predicted octanol–water partition coefficient (Wildman–Crippen LogP) is 3.52. The van der Waals surface area contributed by atoms with Gasteiger partial charge in [-0.1, -0.05) is 15.9 Å². The summed E-state index contributed by atoms with van der Waals surface area (Å²) >= 11 is 3.43. The third-order valence-electron chi connectivity index (χ3n) is 5.31. The monoisotopic (exact) mass is 491 g/mol. The lowest BCUT2D eigenvalue weighted by Crippen LogP contribution is -2.46. The molecule has 1 aliphatic heterocycles. The minimum absolute atomic E-state index is 0.0713. The number of aromatic amines is 1. The Morgan fingerprint density at radius 3 is 2.50 bits per heavy atom. The first-order chi connectivity index (χ1) is 14.4.